The predicted octanol–water partition coefficient (Wildman–Crippen LogP) is 4.88. The SMILES string of the molecule is Cc1cc(Br)c2c(c1Br)C(N)CC(C)(C)CC2. The third kappa shape index (κ3) is 2.61. The van der Waals surface area contributed by atoms with Crippen LogP contribution in [0, 0.1) is 12.3 Å². The molecular weight excluding hydrogens is 342 g/mol. The molecule has 1 nitrogen and oxygen atoms in total. The van der Waals surface area contributed by atoms with Crippen LogP contribution >= 0.6 is 31.9 Å². The molecule has 0 radical (unpaired) electrons. The van der Waals surface area contributed by atoms with E-state index in [-0.39, 0.29) is 6.04 Å². The Bertz CT molecular complexity index is 452. The maximum absolute atomic E-state index is 6.41. The van der Waals surface area contributed by atoms with Crippen LogP contribution in [-0.2, 0) is 6.42 Å². The molecule has 94 valence electrons. The van der Waals surface area contributed by atoms with E-state index in [0.717, 1.165) is 12.8 Å². The van der Waals surface area contributed by atoms with Crippen molar-refractivity contribution in [2.24, 2.45) is 11.1 Å². The molecule has 0 bridgehead atoms. The quantitative estimate of drug-likeness (QED) is 0.655. The van der Waals surface area contributed by atoms with Gasteiger partial charge in [0, 0.05) is 15.0 Å². The molecule has 0 saturated carbocycles. The summed E-state index contributed by atoms with van der Waals surface area (Å²) in [5.74, 6) is 0. The molecule has 3 heteroatoms. The van der Waals surface area contributed by atoms with E-state index < -0.39 is 0 Å². The molecule has 0 saturated heterocycles. The molecule has 1 aliphatic rings. The molecular formula is C14H19Br2N. The normalized spacial score (nSPS) is 23.1. The standard InChI is InChI=1S/C14H19Br2N/c1-8-6-10(15)9-4-5-14(2,3)7-11(17)12(9)13(8)16/h6,11H,4-5,7,17H2,1-3H3. The van der Waals surface area contributed by atoms with Crippen molar-refractivity contribution in [2.45, 2.75) is 46.1 Å². The van der Waals surface area contributed by atoms with Gasteiger partial charge in [0.15, 0.2) is 0 Å². The minimum atomic E-state index is 0.132. The van der Waals surface area contributed by atoms with Crippen LogP contribution in [0.1, 0.15) is 49.4 Å². The van der Waals surface area contributed by atoms with Crippen molar-refractivity contribution in [3.05, 3.63) is 31.7 Å². The molecule has 17 heavy (non-hydrogen) atoms. The topological polar surface area (TPSA) is 26.0 Å². The van der Waals surface area contributed by atoms with Gasteiger partial charge in [0.1, 0.15) is 0 Å². The predicted molar refractivity (Wildman–Crippen MR) is 80.2 cm³/mol. The fourth-order valence-electron chi connectivity index (χ4n) is 2.72. The molecule has 0 aromatic heterocycles. The van der Waals surface area contributed by atoms with Crippen LogP contribution < -0.4 is 5.73 Å². The summed E-state index contributed by atoms with van der Waals surface area (Å²) in [6.45, 7) is 6.75. The molecule has 0 fully saturated rings. The van der Waals surface area contributed by atoms with Crippen LogP contribution in [0.2, 0.25) is 0 Å². The summed E-state index contributed by atoms with van der Waals surface area (Å²) in [4.78, 5) is 0. The molecule has 0 spiro atoms. The maximum Gasteiger partial charge on any atom is 0.0314 e. The summed E-state index contributed by atoms with van der Waals surface area (Å²) in [5.41, 5.74) is 10.7. The van der Waals surface area contributed by atoms with Crippen LogP contribution in [0.3, 0.4) is 0 Å². The van der Waals surface area contributed by atoms with E-state index in [1.165, 1.54) is 32.1 Å². The van der Waals surface area contributed by atoms with E-state index in [1.807, 2.05) is 0 Å². The first-order chi connectivity index (χ1) is 7.82. The van der Waals surface area contributed by atoms with Gasteiger partial charge in [0.05, 0.1) is 0 Å². The lowest BCUT2D eigenvalue weighted by Gasteiger charge is -2.25. The van der Waals surface area contributed by atoms with Crippen LogP contribution in [0.25, 0.3) is 0 Å². The first kappa shape index (κ1) is 13.6. The monoisotopic (exact) mass is 359 g/mol. The Labute approximate surface area is 120 Å². The van der Waals surface area contributed by atoms with Crippen LogP contribution in [-0.4, -0.2) is 0 Å². The molecule has 1 aromatic rings. The highest BCUT2D eigenvalue weighted by molar-refractivity contribution is 9.11. The van der Waals surface area contributed by atoms with Crippen molar-refractivity contribution in [3.63, 3.8) is 0 Å². The van der Waals surface area contributed by atoms with Crippen molar-refractivity contribution in [2.75, 3.05) is 0 Å². The first-order valence-electron chi connectivity index (χ1n) is 6.05. The Morgan fingerprint density at radius 3 is 2.65 bits per heavy atom. The highest BCUT2D eigenvalue weighted by Gasteiger charge is 2.30. The van der Waals surface area contributed by atoms with Crippen molar-refractivity contribution in [1.82, 2.24) is 0 Å². The second kappa shape index (κ2) is 4.67. The molecule has 1 aromatic carbocycles. The van der Waals surface area contributed by atoms with Crippen molar-refractivity contribution >= 4 is 31.9 Å². The van der Waals surface area contributed by atoms with Gasteiger partial charge in [0.25, 0.3) is 0 Å². The van der Waals surface area contributed by atoms with Crippen molar-refractivity contribution in [1.29, 1.82) is 0 Å². The molecule has 0 amide bonds. The number of benzene rings is 1. The van der Waals surface area contributed by atoms with E-state index in [9.17, 15) is 0 Å². The number of aryl methyl sites for hydroxylation is 1. The van der Waals surface area contributed by atoms with Gasteiger partial charge in [-0.05, 0) is 54.4 Å². The highest BCUT2D eigenvalue weighted by atomic mass is 79.9. The first-order valence-corrected chi connectivity index (χ1v) is 7.63. The smallest absolute Gasteiger partial charge is 0.0314 e. The number of hydrogen-bond donors (Lipinski definition) is 1. The van der Waals surface area contributed by atoms with E-state index in [0.29, 0.717) is 5.41 Å². The van der Waals surface area contributed by atoms with Crippen LogP contribution in [0.4, 0.5) is 0 Å². The average molecular weight is 361 g/mol. The summed E-state index contributed by atoms with van der Waals surface area (Å²) in [6.07, 6.45) is 3.35. The Morgan fingerprint density at radius 1 is 1.35 bits per heavy atom. The Morgan fingerprint density at radius 2 is 2.00 bits per heavy atom. The molecule has 1 unspecified atom stereocenters. The molecule has 0 heterocycles. The number of hydrogen-bond acceptors (Lipinski definition) is 1. The molecule has 1 aliphatic carbocycles. The van der Waals surface area contributed by atoms with Gasteiger partial charge in [-0.3, -0.25) is 0 Å². The Kier molecular flexibility index (Phi) is 3.73. The largest absolute Gasteiger partial charge is 0.324 e. The summed E-state index contributed by atoms with van der Waals surface area (Å²) in [7, 11) is 0. The minimum Gasteiger partial charge on any atom is -0.324 e. The van der Waals surface area contributed by atoms with E-state index in [1.54, 1.807) is 0 Å². The third-order valence-electron chi connectivity index (χ3n) is 3.73. The second-order valence-corrected chi connectivity index (χ2v) is 7.50. The number of halogens is 2. The lowest BCUT2D eigenvalue weighted by atomic mass is 9.83. The van der Waals surface area contributed by atoms with Gasteiger partial charge in [-0.25, -0.2) is 0 Å². The fourth-order valence-corrected chi connectivity index (χ4v) is 4.12. The third-order valence-corrected chi connectivity index (χ3v) is 5.49. The zero-order valence-corrected chi connectivity index (χ0v) is 13.8. The van der Waals surface area contributed by atoms with Gasteiger partial charge < -0.3 is 5.73 Å². The summed E-state index contributed by atoms with van der Waals surface area (Å²) in [6, 6.07) is 2.32. The average Bonchev–Trinajstić information content (AvgIpc) is 2.31. The lowest BCUT2D eigenvalue weighted by molar-refractivity contribution is 0.293. The van der Waals surface area contributed by atoms with E-state index in [2.05, 4.69) is 58.7 Å². The van der Waals surface area contributed by atoms with Crippen molar-refractivity contribution in [3.8, 4) is 0 Å². The van der Waals surface area contributed by atoms with Crippen LogP contribution in [0.15, 0.2) is 15.0 Å². The molecule has 2 N–H and O–H groups in total. The molecule has 2 rings (SSSR count). The van der Waals surface area contributed by atoms with Gasteiger partial charge >= 0.3 is 0 Å². The maximum atomic E-state index is 6.41. The number of nitrogens with two attached hydrogens (primary N) is 1. The molecule has 1 atom stereocenters. The van der Waals surface area contributed by atoms with Gasteiger partial charge in [0.2, 0.25) is 0 Å². The second-order valence-electron chi connectivity index (χ2n) is 5.86. The highest BCUT2D eigenvalue weighted by Crippen LogP contribution is 2.44. The lowest BCUT2D eigenvalue weighted by Crippen LogP contribution is -2.19. The minimum absolute atomic E-state index is 0.132. The summed E-state index contributed by atoms with van der Waals surface area (Å²) in [5, 5.41) is 0. The van der Waals surface area contributed by atoms with Gasteiger partial charge in [-0.15, -0.1) is 0 Å². The Balaban J connectivity index is 2.59. The number of fused-ring (bicyclic) bond motifs is 1. The van der Waals surface area contributed by atoms with Gasteiger partial charge in [-0.1, -0.05) is 45.7 Å². The fraction of sp³-hybridized carbons (Fsp3) is 0.571. The number of rotatable bonds is 0. The Hall–Kier alpha value is 0.140. The zero-order valence-electron chi connectivity index (χ0n) is 10.6. The molecule has 0 aliphatic heterocycles. The zero-order chi connectivity index (χ0) is 12.8. The summed E-state index contributed by atoms with van der Waals surface area (Å²) >= 11 is 7.40. The summed E-state index contributed by atoms with van der Waals surface area (Å²) < 4.78 is 2.40. The van der Waals surface area contributed by atoms with Crippen molar-refractivity contribution < 1.29 is 0 Å². The van der Waals surface area contributed by atoms with E-state index in [4.69, 9.17) is 5.73 Å². The van der Waals surface area contributed by atoms with Crippen LogP contribution in [0.5, 0.6) is 0 Å². The van der Waals surface area contributed by atoms with E-state index >= 15 is 0 Å². The van der Waals surface area contributed by atoms with Gasteiger partial charge in [-0.2, -0.15) is 0 Å².